The topological polar surface area (TPSA) is 38.6 Å². The molecule has 5 rings (SSSR count). The van der Waals surface area contributed by atoms with Crippen LogP contribution in [-0.4, -0.2) is 15.4 Å². The van der Waals surface area contributed by atoms with Crippen LogP contribution in [-0.2, 0) is 6.61 Å². The number of fused-ring (bicyclic) bond motifs is 1. The lowest BCUT2D eigenvalue weighted by Crippen LogP contribution is -2.23. The summed E-state index contributed by atoms with van der Waals surface area (Å²) in [7, 11) is 0. The van der Waals surface area contributed by atoms with Crippen LogP contribution in [0.15, 0.2) is 72.9 Å². The number of aromatic nitrogens is 2. The smallest absolute Gasteiger partial charge is 0.181 e. The van der Waals surface area contributed by atoms with Crippen molar-refractivity contribution >= 4 is 11.5 Å². The zero-order valence-electron chi connectivity index (χ0n) is 18.1. The Balaban J connectivity index is 1.56. The summed E-state index contributed by atoms with van der Waals surface area (Å²) in [5, 5.41) is 3.84. The Hall–Kier alpha value is -3.27. The van der Waals surface area contributed by atoms with Crippen LogP contribution in [0, 0.1) is 6.92 Å². The molecule has 158 valence electrons. The summed E-state index contributed by atoms with van der Waals surface area (Å²) in [6, 6.07) is 23.3. The van der Waals surface area contributed by atoms with E-state index < -0.39 is 0 Å². The van der Waals surface area contributed by atoms with Gasteiger partial charge in [-0.1, -0.05) is 73.9 Å². The number of anilines is 1. The van der Waals surface area contributed by atoms with Gasteiger partial charge in [-0.15, -0.1) is 0 Å². The van der Waals surface area contributed by atoms with Gasteiger partial charge < -0.3 is 10.1 Å². The molecule has 2 aromatic heterocycles. The molecule has 1 N–H and O–H groups in total. The summed E-state index contributed by atoms with van der Waals surface area (Å²) in [6.07, 6.45) is 8.44. The van der Waals surface area contributed by atoms with Crippen LogP contribution < -0.4 is 10.1 Å². The van der Waals surface area contributed by atoms with Crippen molar-refractivity contribution in [2.24, 2.45) is 0 Å². The maximum absolute atomic E-state index is 6.22. The first kappa shape index (κ1) is 19.7. The molecule has 4 heteroatoms. The normalized spacial score (nSPS) is 14.6. The summed E-state index contributed by atoms with van der Waals surface area (Å²) >= 11 is 0. The SMILES string of the molecule is Cc1ccccc1-c1nc2c(OCc3ccccc3)cccn2c1NC1CCCCC1. The fraction of sp³-hybridized carbons (Fsp3) is 0.296. The number of aryl methyl sites for hydroxylation is 1. The summed E-state index contributed by atoms with van der Waals surface area (Å²) in [4.78, 5) is 5.10. The highest BCUT2D eigenvalue weighted by Crippen LogP contribution is 2.35. The minimum Gasteiger partial charge on any atom is -0.485 e. The van der Waals surface area contributed by atoms with Gasteiger partial charge >= 0.3 is 0 Å². The van der Waals surface area contributed by atoms with Gasteiger partial charge in [0, 0.05) is 17.8 Å². The predicted octanol–water partition coefficient (Wildman–Crippen LogP) is 6.63. The lowest BCUT2D eigenvalue weighted by molar-refractivity contribution is 0.308. The minimum absolute atomic E-state index is 0.491. The van der Waals surface area contributed by atoms with Crippen molar-refractivity contribution in [1.29, 1.82) is 0 Å². The molecule has 0 unspecified atom stereocenters. The van der Waals surface area contributed by atoms with E-state index in [9.17, 15) is 0 Å². The van der Waals surface area contributed by atoms with E-state index in [-0.39, 0.29) is 0 Å². The van der Waals surface area contributed by atoms with Crippen LogP contribution in [0.4, 0.5) is 5.82 Å². The number of hydrogen-bond donors (Lipinski definition) is 1. The van der Waals surface area contributed by atoms with E-state index in [1.807, 2.05) is 30.3 Å². The number of nitrogens with zero attached hydrogens (tertiary/aromatic N) is 2. The molecule has 1 aliphatic carbocycles. The van der Waals surface area contributed by atoms with Gasteiger partial charge in [0.25, 0.3) is 0 Å². The zero-order chi connectivity index (χ0) is 21.0. The standard InChI is InChI=1S/C27H29N3O/c1-20-11-8-9-16-23(20)25-27(28-22-14-6-3-7-15-22)30-18-10-17-24(26(30)29-25)31-19-21-12-4-2-5-13-21/h2,4-5,8-13,16-18,22,28H,3,6-7,14-15,19H2,1H3. The van der Waals surface area contributed by atoms with Crippen LogP contribution in [0.5, 0.6) is 5.75 Å². The molecule has 4 nitrogen and oxygen atoms in total. The lowest BCUT2D eigenvalue weighted by atomic mass is 9.95. The monoisotopic (exact) mass is 411 g/mol. The summed E-state index contributed by atoms with van der Waals surface area (Å²) in [5.74, 6) is 1.87. The van der Waals surface area contributed by atoms with Crippen molar-refractivity contribution in [3.8, 4) is 17.0 Å². The van der Waals surface area contributed by atoms with E-state index in [4.69, 9.17) is 9.72 Å². The van der Waals surface area contributed by atoms with E-state index in [1.54, 1.807) is 0 Å². The van der Waals surface area contributed by atoms with Crippen molar-refractivity contribution in [3.63, 3.8) is 0 Å². The summed E-state index contributed by atoms with van der Waals surface area (Å²) in [6.45, 7) is 2.68. The molecule has 0 saturated heterocycles. The van der Waals surface area contributed by atoms with E-state index in [0.29, 0.717) is 12.6 Å². The molecule has 0 amide bonds. The van der Waals surface area contributed by atoms with Gasteiger partial charge in [0.2, 0.25) is 0 Å². The van der Waals surface area contributed by atoms with E-state index >= 15 is 0 Å². The quantitative estimate of drug-likeness (QED) is 0.387. The first-order valence-electron chi connectivity index (χ1n) is 11.3. The fourth-order valence-corrected chi connectivity index (χ4v) is 4.50. The van der Waals surface area contributed by atoms with Crippen LogP contribution in [0.1, 0.15) is 43.2 Å². The molecule has 31 heavy (non-hydrogen) atoms. The number of pyridine rings is 1. The number of imidazole rings is 1. The van der Waals surface area contributed by atoms with Gasteiger partial charge in [-0.2, -0.15) is 0 Å². The van der Waals surface area contributed by atoms with Crippen LogP contribution >= 0.6 is 0 Å². The second-order valence-corrected chi connectivity index (χ2v) is 8.44. The maximum Gasteiger partial charge on any atom is 0.181 e. The van der Waals surface area contributed by atoms with Gasteiger partial charge in [-0.25, -0.2) is 4.98 Å². The molecular formula is C27H29N3O. The number of ether oxygens (including phenoxy) is 1. The second-order valence-electron chi connectivity index (χ2n) is 8.44. The average Bonchev–Trinajstić information content (AvgIpc) is 3.18. The first-order chi connectivity index (χ1) is 15.3. The van der Waals surface area contributed by atoms with Crippen molar-refractivity contribution in [2.75, 3.05) is 5.32 Å². The van der Waals surface area contributed by atoms with Crippen molar-refractivity contribution in [2.45, 2.75) is 51.7 Å². The first-order valence-corrected chi connectivity index (χ1v) is 11.3. The molecule has 0 bridgehead atoms. The Morgan fingerprint density at radius 1 is 0.935 bits per heavy atom. The molecule has 0 radical (unpaired) electrons. The molecule has 4 aromatic rings. The molecule has 0 spiro atoms. The Labute approximate surface area is 183 Å². The zero-order valence-corrected chi connectivity index (χ0v) is 18.1. The molecular weight excluding hydrogens is 382 g/mol. The van der Waals surface area contributed by atoms with E-state index in [2.05, 4.69) is 59.2 Å². The molecule has 2 aromatic carbocycles. The Morgan fingerprint density at radius 3 is 2.52 bits per heavy atom. The van der Waals surface area contributed by atoms with Crippen molar-refractivity contribution in [3.05, 3.63) is 84.1 Å². The van der Waals surface area contributed by atoms with Gasteiger partial charge in [-0.05, 0) is 43.0 Å². The molecule has 1 saturated carbocycles. The maximum atomic E-state index is 6.22. The third-order valence-corrected chi connectivity index (χ3v) is 6.20. The highest BCUT2D eigenvalue weighted by Gasteiger charge is 2.22. The lowest BCUT2D eigenvalue weighted by Gasteiger charge is -2.24. The molecule has 2 heterocycles. The number of benzene rings is 2. The minimum atomic E-state index is 0.491. The Morgan fingerprint density at radius 2 is 1.71 bits per heavy atom. The number of hydrogen-bond acceptors (Lipinski definition) is 3. The molecule has 0 aliphatic heterocycles. The highest BCUT2D eigenvalue weighted by atomic mass is 16.5. The molecule has 0 atom stereocenters. The fourth-order valence-electron chi connectivity index (χ4n) is 4.50. The third kappa shape index (κ3) is 4.15. The second kappa shape index (κ2) is 8.84. The van der Waals surface area contributed by atoms with Gasteiger partial charge in [0.1, 0.15) is 18.1 Å². The van der Waals surface area contributed by atoms with Gasteiger partial charge in [0.05, 0.1) is 0 Å². The van der Waals surface area contributed by atoms with Crippen molar-refractivity contribution in [1.82, 2.24) is 9.38 Å². The summed E-state index contributed by atoms with van der Waals surface area (Å²) < 4.78 is 8.38. The average molecular weight is 412 g/mol. The number of nitrogens with one attached hydrogen (secondary N) is 1. The molecule has 1 aliphatic rings. The van der Waals surface area contributed by atoms with Crippen molar-refractivity contribution < 1.29 is 4.74 Å². The molecule has 1 fully saturated rings. The third-order valence-electron chi connectivity index (χ3n) is 6.20. The largest absolute Gasteiger partial charge is 0.485 e. The van der Waals surface area contributed by atoms with Crippen LogP contribution in [0.25, 0.3) is 16.9 Å². The van der Waals surface area contributed by atoms with E-state index in [1.165, 1.54) is 43.2 Å². The highest BCUT2D eigenvalue weighted by molar-refractivity contribution is 5.80. The number of rotatable bonds is 6. The predicted molar refractivity (Wildman–Crippen MR) is 127 cm³/mol. The van der Waals surface area contributed by atoms with Gasteiger partial charge in [-0.3, -0.25) is 4.40 Å². The van der Waals surface area contributed by atoms with E-state index in [0.717, 1.165) is 28.5 Å². The van der Waals surface area contributed by atoms with Gasteiger partial charge in [0.15, 0.2) is 11.4 Å². The van der Waals surface area contributed by atoms with Crippen LogP contribution in [0.3, 0.4) is 0 Å². The Kier molecular flexibility index (Phi) is 5.61. The Bertz CT molecular complexity index is 1160. The van der Waals surface area contributed by atoms with Crippen LogP contribution in [0.2, 0.25) is 0 Å². The summed E-state index contributed by atoms with van der Waals surface area (Å²) in [5.41, 5.74) is 5.40.